The summed E-state index contributed by atoms with van der Waals surface area (Å²) in [7, 11) is -3.61. The van der Waals surface area contributed by atoms with Crippen LogP contribution in [-0.4, -0.2) is 55.1 Å². The molecule has 0 aliphatic carbocycles. The molecular weight excluding hydrogens is 382 g/mol. The number of morpholine rings is 1. The first-order valence-electron chi connectivity index (χ1n) is 8.91. The summed E-state index contributed by atoms with van der Waals surface area (Å²) in [6, 6.07) is 5.69. The number of hydrogen-bond donors (Lipinski definition) is 2. The Morgan fingerprint density at radius 2 is 2.07 bits per heavy atom. The highest BCUT2D eigenvalue weighted by Gasteiger charge is 2.37. The van der Waals surface area contributed by atoms with Crippen molar-refractivity contribution >= 4 is 32.7 Å². The first kappa shape index (κ1) is 17.3. The Morgan fingerprint density at radius 1 is 1.25 bits per heavy atom. The molecule has 3 aliphatic rings. The fourth-order valence-corrected chi connectivity index (χ4v) is 5.09. The summed E-state index contributed by atoms with van der Waals surface area (Å²) >= 11 is 0. The largest absolute Gasteiger partial charge is 0.424 e. The molecule has 28 heavy (non-hydrogen) atoms. The van der Waals surface area contributed by atoms with Crippen LogP contribution in [-0.2, 0) is 14.8 Å². The zero-order valence-electron chi connectivity index (χ0n) is 14.9. The molecule has 1 fully saturated rings. The summed E-state index contributed by atoms with van der Waals surface area (Å²) in [5.74, 6) is 0. The van der Waals surface area contributed by atoms with Crippen molar-refractivity contribution in [2.24, 2.45) is 0 Å². The first-order valence-corrected chi connectivity index (χ1v) is 10.4. The Labute approximate surface area is 161 Å². The number of nitrogen functional groups attached to an aromatic ring is 1. The average molecular weight is 401 g/mol. The van der Waals surface area contributed by atoms with E-state index in [2.05, 4.69) is 10.3 Å². The van der Waals surface area contributed by atoms with E-state index in [1.807, 2.05) is 30.5 Å². The van der Waals surface area contributed by atoms with Crippen molar-refractivity contribution in [2.45, 2.75) is 6.17 Å². The lowest BCUT2D eigenvalue weighted by Crippen LogP contribution is -2.44. The molecule has 1 atom stereocenters. The second-order valence-electron chi connectivity index (χ2n) is 6.70. The van der Waals surface area contributed by atoms with Gasteiger partial charge in [0, 0.05) is 25.5 Å². The Bertz CT molecular complexity index is 1130. The van der Waals surface area contributed by atoms with Crippen LogP contribution in [0, 0.1) is 0 Å². The van der Waals surface area contributed by atoms with Gasteiger partial charge in [-0.3, -0.25) is 0 Å². The molecule has 1 aromatic carbocycles. The number of allylic oxidation sites excluding steroid dienone is 2. The van der Waals surface area contributed by atoms with Gasteiger partial charge in [0.1, 0.15) is 11.7 Å². The lowest BCUT2D eigenvalue weighted by atomic mass is 10.0. The average Bonchev–Trinajstić information content (AvgIpc) is 3.30. The van der Waals surface area contributed by atoms with Crippen molar-refractivity contribution in [3.05, 3.63) is 53.3 Å². The standard InChI is InChI=1S/C18H19N5O4S/c19-18-21-14-9-12(1-3-15(14)27-18)13-2-4-16-20-10-17(23(16)11-13)28(24,25)22-5-7-26-8-6-22/h1-4,9-11,16,20H,5-8H2,(H2,19,21). The number of nitrogens with zero attached hydrogens (tertiary/aromatic N) is 3. The molecule has 0 radical (unpaired) electrons. The molecule has 10 heteroatoms. The van der Waals surface area contributed by atoms with Gasteiger partial charge >= 0.3 is 0 Å². The van der Waals surface area contributed by atoms with Crippen molar-refractivity contribution < 1.29 is 17.6 Å². The second-order valence-corrected chi connectivity index (χ2v) is 8.58. The molecular formula is C18H19N5O4S. The van der Waals surface area contributed by atoms with Crippen LogP contribution in [0.3, 0.4) is 0 Å². The van der Waals surface area contributed by atoms with E-state index in [9.17, 15) is 8.42 Å². The molecule has 0 saturated carbocycles. The highest BCUT2D eigenvalue weighted by Crippen LogP contribution is 2.32. The number of sulfonamides is 1. The molecule has 3 aliphatic heterocycles. The maximum absolute atomic E-state index is 13.1. The fraction of sp³-hybridized carbons (Fsp3) is 0.278. The van der Waals surface area contributed by atoms with Crippen molar-refractivity contribution in [2.75, 3.05) is 32.0 Å². The minimum Gasteiger partial charge on any atom is -0.424 e. The predicted molar refractivity (Wildman–Crippen MR) is 104 cm³/mol. The van der Waals surface area contributed by atoms with Gasteiger partial charge in [0.25, 0.3) is 16.0 Å². The van der Waals surface area contributed by atoms with E-state index in [-0.39, 0.29) is 17.2 Å². The maximum Gasteiger partial charge on any atom is 0.292 e. The lowest BCUT2D eigenvalue weighted by molar-refractivity contribution is 0.0731. The van der Waals surface area contributed by atoms with E-state index in [1.165, 1.54) is 4.31 Å². The third-order valence-electron chi connectivity index (χ3n) is 4.98. The topological polar surface area (TPSA) is 114 Å². The Balaban J connectivity index is 1.48. The molecule has 9 nitrogen and oxygen atoms in total. The van der Waals surface area contributed by atoms with E-state index in [0.29, 0.717) is 37.4 Å². The third kappa shape index (κ3) is 2.77. The number of hydrogen-bond acceptors (Lipinski definition) is 8. The van der Waals surface area contributed by atoms with Crippen LogP contribution >= 0.6 is 0 Å². The molecule has 2 aromatic rings. The zero-order chi connectivity index (χ0) is 19.3. The second kappa shape index (κ2) is 6.36. The van der Waals surface area contributed by atoms with Gasteiger partial charge in [-0.2, -0.15) is 9.29 Å². The number of ether oxygens (including phenoxy) is 1. The van der Waals surface area contributed by atoms with Crippen molar-refractivity contribution in [1.29, 1.82) is 0 Å². The maximum atomic E-state index is 13.1. The van der Waals surface area contributed by atoms with Gasteiger partial charge in [-0.05, 0) is 29.3 Å². The van der Waals surface area contributed by atoms with Crippen LogP contribution in [0.4, 0.5) is 6.01 Å². The number of nitrogens with one attached hydrogen (secondary N) is 1. The number of oxazole rings is 1. The quantitative estimate of drug-likeness (QED) is 0.783. The van der Waals surface area contributed by atoms with Gasteiger partial charge in [-0.1, -0.05) is 12.1 Å². The van der Waals surface area contributed by atoms with Crippen molar-refractivity contribution in [1.82, 2.24) is 19.5 Å². The minimum atomic E-state index is -3.61. The third-order valence-corrected chi connectivity index (χ3v) is 6.88. The molecule has 3 N–H and O–H groups in total. The number of rotatable bonds is 3. The minimum absolute atomic E-state index is 0.117. The van der Waals surface area contributed by atoms with Crippen LogP contribution < -0.4 is 11.1 Å². The fourth-order valence-electron chi connectivity index (χ4n) is 3.55. The smallest absolute Gasteiger partial charge is 0.292 e. The molecule has 5 rings (SSSR count). The molecule has 1 saturated heterocycles. The lowest BCUT2D eigenvalue weighted by Gasteiger charge is -2.31. The number of nitrogens with two attached hydrogens (primary N) is 1. The molecule has 146 valence electrons. The molecule has 0 spiro atoms. The van der Waals surface area contributed by atoms with Gasteiger partial charge in [0.15, 0.2) is 10.6 Å². The summed E-state index contributed by atoms with van der Waals surface area (Å²) in [5.41, 5.74) is 8.64. The van der Waals surface area contributed by atoms with E-state index < -0.39 is 10.0 Å². The van der Waals surface area contributed by atoms with Crippen molar-refractivity contribution in [3.63, 3.8) is 0 Å². The number of fused-ring (bicyclic) bond motifs is 2. The molecule has 1 unspecified atom stereocenters. The highest BCUT2D eigenvalue weighted by molar-refractivity contribution is 7.92. The highest BCUT2D eigenvalue weighted by atomic mass is 32.2. The van der Waals surface area contributed by atoms with Crippen LogP contribution in [0.1, 0.15) is 5.56 Å². The number of aromatic nitrogens is 1. The van der Waals surface area contributed by atoms with Gasteiger partial charge in [0.2, 0.25) is 0 Å². The predicted octanol–water partition coefficient (Wildman–Crippen LogP) is 1.01. The van der Waals surface area contributed by atoms with E-state index >= 15 is 0 Å². The van der Waals surface area contributed by atoms with Crippen LogP contribution in [0.15, 0.2) is 52.2 Å². The molecule has 1 aromatic heterocycles. The summed E-state index contributed by atoms with van der Waals surface area (Å²) < 4.78 is 38.2. The van der Waals surface area contributed by atoms with Gasteiger partial charge in [-0.15, -0.1) is 0 Å². The number of benzene rings is 1. The molecule has 0 amide bonds. The monoisotopic (exact) mass is 401 g/mol. The van der Waals surface area contributed by atoms with E-state index in [1.54, 1.807) is 17.2 Å². The Morgan fingerprint density at radius 3 is 2.89 bits per heavy atom. The van der Waals surface area contributed by atoms with Gasteiger partial charge in [0.05, 0.1) is 13.2 Å². The first-order chi connectivity index (χ1) is 13.5. The van der Waals surface area contributed by atoms with Gasteiger partial charge in [-0.25, -0.2) is 8.42 Å². The van der Waals surface area contributed by atoms with E-state index in [0.717, 1.165) is 11.1 Å². The normalized spacial score (nSPS) is 22.7. The SMILES string of the molecule is Nc1nc2cc(C3=CN4C(S(=O)(=O)N5CCOCC5)=CNC4C=C3)ccc2o1. The van der Waals surface area contributed by atoms with E-state index in [4.69, 9.17) is 14.9 Å². The van der Waals surface area contributed by atoms with Crippen LogP contribution in [0.5, 0.6) is 0 Å². The zero-order valence-corrected chi connectivity index (χ0v) is 15.7. The van der Waals surface area contributed by atoms with Crippen LogP contribution in [0.25, 0.3) is 16.7 Å². The van der Waals surface area contributed by atoms with Crippen LogP contribution in [0.2, 0.25) is 0 Å². The summed E-state index contributed by atoms with van der Waals surface area (Å²) in [5, 5.41) is 3.34. The Kier molecular flexibility index (Phi) is 3.93. The molecule has 4 heterocycles. The van der Waals surface area contributed by atoms with Gasteiger partial charge < -0.3 is 25.1 Å². The van der Waals surface area contributed by atoms with Crippen molar-refractivity contribution in [3.8, 4) is 0 Å². The summed E-state index contributed by atoms with van der Waals surface area (Å²) in [6.07, 6.45) is 7.03. The molecule has 0 bridgehead atoms. The summed E-state index contributed by atoms with van der Waals surface area (Å²) in [6.45, 7) is 1.53. The Hall–Kier alpha value is -2.82. The summed E-state index contributed by atoms with van der Waals surface area (Å²) in [4.78, 5) is 5.90. The number of anilines is 1.